The first kappa shape index (κ1) is 40.2. The first-order valence-corrected chi connectivity index (χ1v) is 17.0. The van der Waals surface area contributed by atoms with Crippen molar-refractivity contribution in [3.63, 3.8) is 0 Å². The summed E-state index contributed by atoms with van der Waals surface area (Å²) < 4.78 is 12.2. The topological polar surface area (TPSA) is 82.1 Å². The van der Waals surface area contributed by atoms with Gasteiger partial charge in [-0.3, -0.25) is 9.59 Å². The molecule has 0 radical (unpaired) electrons. The van der Waals surface area contributed by atoms with Gasteiger partial charge >= 0.3 is 13.1 Å². The molecule has 258 valence electrons. The van der Waals surface area contributed by atoms with Crippen molar-refractivity contribution in [2.75, 3.05) is 0 Å². The van der Waals surface area contributed by atoms with Crippen LogP contribution in [0.4, 0.5) is 0 Å². The predicted molar refractivity (Wildman–Crippen MR) is 198 cm³/mol. The molecule has 1 saturated heterocycles. The maximum atomic E-state index is 12.6. The number of fused-ring (bicyclic) bond motifs is 1. The van der Waals surface area contributed by atoms with E-state index in [1.54, 1.807) is 6.92 Å². The number of aryl methyl sites for hydroxylation is 2. The monoisotopic (exact) mass is 753 g/mol. The second kappa shape index (κ2) is 16.6. The lowest BCUT2D eigenvalue weighted by Crippen LogP contribution is -2.41. The van der Waals surface area contributed by atoms with Crippen LogP contribution in [0, 0.1) is 5.92 Å². The lowest BCUT2D eigenvalue weighted by Gasteiger charge is -2.32. The maximum absolute atomic E-state index is 12.6. The van der Waals surface area contributed by atoms with Gasteiger partial charge in [-0.1, -0.05) is 126 Å². The van der Waals surface area contributed by atoms with E-state index < -0.39 is 23.7 Å². The van der Waals surface area contributed by atoms with Gasteiger partial charge in [-0.15, -0.1) is 0 Å². The van der Waals surface area contributed by atoms with E-state index in [1.165, 1.54) is 5.56 Å². The van der Waals surface area contributed by atoms with Crippen LogP contribution < -0.4 is 0 Å². The van der Waals surface area contributed by atoms with Gasteiger partial charge in [0, 0.05) is 0 Å². The summed E-state index contributed by atoms with van der Waals surface area (Å²) in [5.74, 6) is -2.72. The molecule has 1 fully saturated rings. The van der Waals surface area contributed by atoms with Gasteiger partial charge in [-0.05, 0) is 70.3 Å². The number of rotatable bonds is 9. The van der Waals surface area contributed by atoms with E-state index in [0.29, 0.717) is 23.7 Å². The zero-order chi connectivity index (χ0) is 34.7. The van der Waals surface area contributed by atoms with Crippen molar-refractivity contribution in [3.05, 3.63) is 103 Å². The second-order valence-electron chi connectivity index (χ2n) is 12.9. The summed E-state index contributed by atoms with van der Waals surface area (Å²) in [4.78, 5) is 42.6. The molecule has 0 bridgehead atoms. The van der Waals surface area contributed by atoms with Crippen LogP contribution in [-0.4, -0.2) is 41.2 Å². The molecule has 13 heteroatoms. The molecule has 2 heterocycles. The SMILES string of the molecule is CC(CCc1ccccc1)B1OC(C)(C)C(C)(C)O1.CC(CCc1ccccc1)C(=O)ON1C(=O)c2c(Cl)c(Cl)c(Cl)c(Cl)c2C1=O.S. The van der Waals surface area contributed by atoms with Gasteiger partial charge in [0.25, 0.3) is 11.8 Å². The van der Waals surface area contributed by atoms with E-state index in [2.05, 4.69) is 65.0 Å². The molecule has 3 aromatic carbocycles. The highest BCUT2D eigenvalue weighted by molar-refractivity contribution is 7.59. The quantitative estimate of drug-likeness (QED) is 0.0937. The lowest BCUT2D eigenvalue weighted by atomic mass is 9.70. The average Bonchev–Trinajstić information content (AvgIpc) is 3.43. The fourth-order valence-corrected chi connectivity index (χ4v) is 6.05. The third-order valence-corrected chi connectivity index (χ3v) is 10.6. The number of nitrogens with zero attached hydrogens (tertiary/aromatic N) is 1. The van der Waals surface area contributed by atoms with E-state index in [0.717, 1.165) is 18.4 Å². The minimum Gasteiger partial charge on any atom is -0.403 e. The molecule has 0 spiro atoms. The van der Waals surface area contributed by atoms with Gasteiger partial charge in [-0.25, -0.2) is 4.79 Å². The highest BCUT2D eigenvalue weighted by Crippen LogP contribution is 2.45. The summed E-state index contributed by atoms with van der Waals surface area (Å²) >= 11 is 24.0. The Balaban J connectivity index is 0.000000274. The molecule has 2 aliphatic heterocycles. The molecular weight excluding hydrogens is 715 g/mol. The van der Waals surface area contributed by atoms with Crippen molar-refractivity contribution in [3.8, 4) is 0 Å². The molecule has 7 nitrogen and oxygen atoms in total. The van der Waals surface area contributed by atoms with Crippen LogP contribution >= 0.6 is 59.9 Å². The van der Waals surface area contributed by atoms with Gasteiger partial charge < -0.3 is 14.1 Å². The van der Waals surface area contributed by atoms with Crippen LogP contribution in [-0.2, 0) is 31.8 Å². The Hall–Kier alpha value is -2.24. The number of carbonyl (C=O) groups excluding carboxylic acids is 3. The Morgan fingerprint density at radius 1 is 0.729 bits per heavy atom. The zero-order valence-electron chi connectivity index (χ0n) is 27.7. The molecule has 5 rings (SSSR count). The largest absolute Gasteiger partial charge is 0.460 e. The Morgan fingerprint density at radius 3 is 1.54 bits per heavy atom. The number of amides is 2. The fraction of sp³-hybridized carbons (Fsp3) is 0.400. The minimum absolute atomic E-state index is 0. The molecule has 2 amide bonds. The number of hydrogen-bond donors (Lipinski definition) is 0. The summed E-state index contributed by atoms with van der Waals surface area (Å²) in [7, 11) is -0.0892. The molecule has 48 heavy (non-hydrogen) atoms. The highest BCUT2D eigenvalue weighted by atomic mass is 35.5. The van der Waals surface area contributed by atoms with E-state index in [1.807, 2.05) is 30.3 Å². The molecule has 0 saturated carbocycles. The Labute approximate surface area is 310 Å². The Morgan fingerprint density at radius 2 is 1.12 bits per heavy atom. The molecule has 2 unspecified atom stereocenters. The standard InChI is InChI=1S/C19H13Cl4NO4.C16H25BO2.H2S/c1-9(7-8-10-5-3-2-4-6-10)19(27)28-24-17(25)11-12(18(24)26)14(21)16(23)15(22)13(11)20;1-13(11-12-14-9-7-6-8-10-14)17-18-15(2,3)16(4,5)19-17;/h2-6,9H,7-8H2,1H3;6-10,13H,11-12H2,1-5H3;1H2. The second-order valence-corrected chi connectivity index (χ2v) is 14.4. The summed E-state index contributed by atoms with van der Waals surface area (Å²) in [5, 5.41) is -0.411. The van der Waals surface area contributed by atoms with Crippen molar-refractivity contribution in [1.29, 1.82) is 0 Å². The summed E-state index contributed by atoms with van der Waals surface area (Å²) in [6.07, 6.45) is 3.28. The number of hydroxylamine groups is 2. The maximum Gasteiger partial charge on any atom is 0.460 e. The molecule has 3 aromatic rings. The summed E-state index contributed by atoms with van der Waals surface area (Å²) in [5.41, 5.74) is 1.51. The average molecular weight is 755 g/mol. The van der Waals surface area contributed by atoms with E-state index >= 15 is 0 Å². The van der Waals surface area contributed by atoms with Gasteiger partial charge in [0.1, 0.15) is 0 Å². The molecule has 2 atom stereocenters. The summed E-state index contributed by atoms with van der Waals surface area (Å²) in [6, 6.07) is 20.2. The van der Waals surface area contributed by atoms with Gasteiger partial charge in [0.05, 0.1) is 48.3 Å². The lowest BCUT2D eigenvalue weighted by molar-refractivity contribution is -0.173. The molecule has 0 aromatic heterocycles. The summed E-state index contributed by atoms with van der Waals surface area (Å²) in [6.45, 7) is 12.3. The number of benzene rings is 3. The van der Waals surface area contributed by atoms with Crippen molar-refractivity contribution in [2.24, 2.45) is 5.92 Å². The van der Waals surface area contributed by atoms with E-state index in [4.69, 9.17) is 60.6 Å². The first-order valence-electron chi connectivity index (χ1n) is 15.5. The Kier molecular flexibility index (Phi) is 13.9. The molecular formula is C35H40BCl4NO6S. The van der Waals surface area contributed by atoms with Crippen LogP contribution in [0.5, 0.6) is 0 Å². The Bertz CT molecular complexity index is 1560. The zero-order valence-corrected chi connectivity index (χ0v) is 31.8. The number of halogens is 4. The van der Waals surface area contributed by atoms with Crippen molar-refractivity contribution in [1.82, 2.24) is 5.06 Å². The van der Waals surface area contributed by atoms with Crippen LogP contribution in [0.1, 0.15) is 86.2 Å². The number of hydrogen-bond acceptors (Lipinski definition) is 6. The van der Waals surface area contributed by atoms with E-state index in [9.17, 15) is 14.4 Å². The molecule has 0 N–H and O–H groups in total. The highest BCUT2D eigenvalue weighted by Gasteiger charge is 2.52. The molecule has 2 aliphatic rings. The van der Waals surface area contributed by atoms with Gasteiger partial charge in [-0.2, -0.15) is 13.5 Å². The van der Waals surface area contributed by atoms with Crippen LogP contribution in [0.2, 0.25) is 25.9 Å². The minimum atomic E-state index is -0.922. The van der Waals surface area contributed by atoms with Gasteiger partial charge in [0.15, 0.2) is 0 Å². The van der Waals surface area contributed by atoms with Crippen LogP contribution in [0.25, 0.3) is 0 Å². The number of imide groups is 1. The third-order valence-electron chi connectivity index (χ3n) is 8.82. The number of carbonyl (C=O) groups is 3. The predicted octanol–water partition coefficient (Wildman–Crippen LogP) is 9.84. The van der Waals surface area contributed by atoms with Crippen molar-refractivity contribution in [2.45, 2.75) is 84.2 Å². The third kappa shape index (κ3) is 8.91. The van der Waals surface area contributed by atoms with Gasteiger partial charge in [0.2, 0.25) is 0 Å². The van der Waals surface area contributed by atoms with Crippen LogP contribution in [0.3, 0.4) is 0 Å². The van der Waals surface area contributed by atoms with Crippen molar-refractivity contribution >= 4 is 84.8 Å². The fourth-order valence-electron chi connectivity index (χ4n) is 5.03. The van der Waals surface area contributed by atoms with Crippen molar-refractivity contribution < 1.29 is 28.5 Å². The molecule has 0 aliphatic carbocycles. The smallest absolute Gasteiger partial charge is 0.403 e. The van der Waals surface area contributed by atoms with Crippen LogP contribution in [0.15, 0.2) is 60.7 Å². The first-order chi connectivity index (χ1) is 22.1. The normalized spacial score (nSPS) is 17.2. The van der Waals surface area contributed by atoms with E-state index in [-0.39, 0.29) is 63.0 Å².